The third-order valence-corrected chi connectivity index (χ3v) is 13.2. The molecule has 0 bridgehead atoms. The molecule has 3 nitrogen and oxygen atoms in total. The standard InChI is InChI=1S/C48H27N3S2/c1-2-13-28(14-3-1)43-47-44(34-20-9-11-24-41(34)52-47)50-48(49-43)37-26-31-17-6-7-18-32(31)42-35-21-12-23-39(45(35)53-46(37)42)51-38-22-10-8-19-33(38)36-25-29-15-4-5-16-30(29)27-40(36)51/h1-27H. The molecule has 5 heteroatoms. The van der Waals surface area contributed by atoms with Crippen molar-refractivity contribution in [3.63, 3.8) is 0 Å². The zero-order valence-electron chi connectivity index (χ0n) is 28.2. The lowest BCUT2D eigenvalue weighted by Gasteiger charge is -2.10. The van der Waals surface area contributed by atoms with E-state index in [1.807, 2.05) is 11.3 Å². The number of hydrogen-bond donors (Lipinski definition) is 0. The van der Waals surface area contributed by atoms with Crippen LogP contribution in [-0.4, -0.2) is 14.5 Å². The topological polar surface area (TPSA) is 30.7 Å². The summed E-state index contributed by atoms with van der Waals surface area (Å²) in [6, 6.07) is 59.2. The second-order valence-corrected chi connectivity index (χ2v) is 15.8. The Morgan fingerprint density at radius 2 is 1.13 bits per heavy atom. The highest BCUT2D eigenvalue weighted by molar-refractivity contribution is 7.27. The highest BCUT2D eigenvalue weighted by Crippen LogP contribution is 2.48. The maximum absolute atomic E-state index is 5.45. The van der Waals surface area contributed by atoms with E-state index in [4.69, 9.17) is 9.97 Å². The molecule has 53 heavy (non-hydrogen) atoms. The first kappa shape index (κ1) is 29.2. The maximum Gasteiger partial charge on any atom is 0.162 e. The van der Waals surface area contributed by atoms with Gasteiger partial charge in [-0.1, -0.05) is 127 Å². The number of thiophene rings is 2. The van der Waals surface area contributed by atoms with Gasteiger partial charge in [-0.3, -0.25) is 0 Å². The van der Waals surface area contributed by atoms with Crippen LogP contribution in [0.4, 0.5) is 0 Å². The quantitative estimate of drug-likeness (QED) is 0.183. The molecule has 0 aliphatic carbocycles. The minimum atomic E-state index is 0.757. The van der Waals surface area contributed by atoms with Crippen molar-refractivity contribution in [1.29, 1.82) is 0 Å². The number of fused-ring (bicyclic) bond motifs is 12. The molecular formula is C48H27N3S2. The fourth-order valence-corrected chi connectivity index (χ4v) is 10.9. The summed E-state index contributed by atoms with van der Waals surface area (Å²) in [5.41, 5.74) is 7.76. The SMILES string of the molecule is c1ccc(-c2nc(-c3cc4ccccc4c4c3sc3c(-n5c6ccccc6c6cc7ccccc7cc65)cccc34)nc3c2sc2ccccc23)cc1. The van der Waals surface area contributed by atoms with Crippen LogP contribution in [0.5, 0.6) is 0 Å². The molecule has 0 unspecified atom stereocenters. The van der Waals surface area contributed by atoms with Gasteiger partial charge in [0.05, 0.1) is 37.3 Å². The van der Waals surface area contributed by atoms with Crippen LogP contribution >= 0.6 is 22.7 Å². The van der Waals surface area contributed by atoms with Gasteiger partial charge < -0.3 is 4.57 Å². The van der Waals surface area contributed by atoms with E-state index in [0.717, 1.165) is 32.9 Å². The van der Waals surface area contributed by atoms with E-state index in [0.29, 0.717) is 0 Å². The summed E-state index contributed by atoms with van der Waals surface area (Å²) in [6.07, 6.45) is 0. The molecule has 0 N–H and O–H groups in total. The fourth-order valence-electron chi connectivity index (χ4n) is 8.39. The van der Waals surface area contributed by atoms with Gasteiger partial charge in [-0.15, -0.1) is 22.7 Å². The molecule has 12 aromatic rings. The van der Waals surface area contributed by atoms with Gasteiger partial charge in [0.1, 0.15) is 0 Å². The van der Waals surface area contributed by atoms with Gasteiger partial charge in [0, 0.05) is 47.5 Å². The van der Waals surface area contributed by atoms with Crippen LogP contribution in [0.2, 0.25) is 0 Å². The number of rotatable bonds is 3. The zero-order valence-corrected chi connectivity index (χ0v) is 29.9. The zero-order chi connectivity index (χ0) is 34.6. The van der Waals surface area contributed by atoms with Gasteiger partial charge in [-0.05, 0) is 57.9 Å². The monoisotopic (exact) mass is 709 g/mol. The van der Waals surface area contributed by atoms with Crippen LogP contribution < -0.4 is 0 Å². The van der Waals surface area contributed by atoms with Crippen molar-refractivity contribution in [2.45, 2.75) is 0 Å². The molecule has 4 heterocycles. The minimum Gasteiger partial charge on any atom is -0.308 e. The van der Waals surface area contributed by atoms with Crippen LogP contribution in [0.25, 0.3) is 112 Å². The van der Waals surface area contributed by atoms with Crippen molar-refractivity contribution in [2.75, 3.05) is 0 Å². The second kappa shape index (κ2) is 11.1. The molecule has 0 atom stereocenters. The highest BCUT2D eigenvalue weighted by Gasteiger charge is 2.23. The summed E-state index contributed by atoms with van der Waals surface area (Å²) in [4.78, 5) is 10.9. The largest absolute Gasteiger partial charge is 0.308 e. The third-order valence-electron chi connectivity index (χ3n) is 10.8. The van der Waals surface area contributed by atoms with Crippen LogP contribution in [-0.2, 0) is 0 Å². The normalized spacial score (nSPS) is 12.2. The molecule has 0 saturated heterocycles. The van der Waals surface area contributed by atoms with Crippen LogP contribution in [0, 0.1) is 0 Å². The van der Waals surface area contributed by atoms with Crippen molar-refractivity contribution >= 4 is 106 Å². The molecule has 0 amide bonds. The lowest BCUT2D eigenvalue weighted by atomic mass is 9.99. The minimum absolute atomic E-state index is 0.757. The molecule has 0 aliphatic heterocycles. The lowest BCUT2D eigenvalue weighted by molar-refractivity contribution is 1.20. The van der Waals surface area contributed by atoms with E-state index in [1.165, 1.54) is 79.3 Å². The molecule has 8 aromatic carbocycles. The van der Waals surface area contributed by atoms with Gasteiger partial charge in [-0.25, -0.2) is 9.97 Å². The molecule has 0 fully saturated rings. The Bertz CT molecular complexity index is 3460. The lowest BCUT2D eigenvalue weighted by Crippen LogP contribution is -1.94. The molecule has 246 valence electrons. The van der Waals surface area contributed by atoms with E-state index in [9.17, 15) is 0 Å². The van der Waals surface area contributed by atoms with Crippen molar-refractivity contribution in [3.05, 3.63) is 164 Å². The number of para-hydroxylation sites is 1. The number of hydrogen-bond acceptors (Lipinski definition) is 4. The predicted octanol–water partition coefficient (Wildman–Crippen LogP) is 13.9. The average molecular weight is 710 g/mol. The summed E-state index contributed by atoms with van der Waals surface area (Å²) >= 11 is 3.63. The summed E-state index contributed by atoms with van der Waals surface area (Å²) < 4.78 is 7.28. The molecular weight excluding hydrogens is 683 g/mol. The van der Waals surface area contributed by atoms with Crippen molar-refractivity contribution in [2.24, 2.45) is 0 Å². The van der Waals surface area contributed by atoms with Crippen LogP contribution in [0.1, 0.15) is 0 Å². The Morgan fingerprint density at radius 1 is 0.434 bits per heavy atom. The molecule has 0 radical (unpaired) electrons. The number of aromatic nitrogens is 3. The second-order valence-electron chi connectivity index (χ2n) is 13.7. The van der Waals surface area contributed by atoms with Gasteiger partial charge in [0.25, 0.3) is 0 Å². The van der Waals surface area contributed by atoms with E-state index < -0.39 is 0 Å². The average Bonchev–Trinajstić information content (AvgIpc) is 3.90. The van der Waals surface area contributed by atoms with Crippen molar-refractivity contribution < 1.29 is 0 Å². The van der Waals surface area contributed by atoms with Crippen molar-refractivity contribution in [1.82, 2.24) is 14.5 Å². The molecule has 0 aliphatic rings. The summed E-state index contributed by atoms with van der Waals surface area (Å²) in [7, 11) is 0. The van der Waals surface area contributed by atoms with Gasteiger partial charge >= 0.3 is 0 Å². The van der Waals surface area contributed by atoms with Crippen LogP contribution in [0.3, 0.4) is 0 Å². The molecule has 4 aromatic heterocycles. The Kier molecular flexibility index (Phi) is 6.09. The fraction of sp³-hybridized carbons (Fsp3) is 0. The summed E-state index contributed by atoms with van der Waals surface area (Å²) in [6.45, 7) is 0. The number of benzene rings is 8. The van der Waals surface area contributed by atoms with E-state index in [2.05, 4.69) is 168 Å². The Hall–Kier alpha value is -6.40. The summed E-state index contributed by atoms with van der Waals surface area (Å²) in [5.74, 6) is 0.757. The van der Waals surface area contributed by atoms with Gasteiger partial charge in [0.15, 0.2) is 5.82 Å². The van der Waals surface area contributed by atoms with Gasteiger partial charge in [0.2, 0.25) is 0 Å². The van der Waals surface area contributed by atoms with E-state index in [-0.39, 0.29) is 0 Å². The first-order valence-electron chi connectivity index (χ1n) is 17.8. The molecule has 0 spiro atoms. The van der Waals surface area contributed by atoms with E-state index in [1.54, 1.807) is 11.3 Å². The third kappa shape index (κ3) is 4.20. The molecule has 12 rings (SSSR count). The Labute approximate surface area is 311 Å². The van der Waals surface area contributed by atoms with E-state index >= 15 is 0 Å². The molecule has 0 saturated carbocycles. The van der Waals surface area contributed by atoms with Crippen molar-refractivity contribution in [3.8, 4) is 28.3 Å². The number of nitrogens with zero attached hydrogens (tertiary/aromatic N) is 3. The van der Waals surface area contributed by atoms with Crippen LogP contribution in [0.15, 0.2) is 164 Å². The van der Waals surface area contributed by atoms with Gasteiger partial charge in [-0.2, -0.15) is 0 Å². The predicted molar refractivity (Wildman–Crippen MR) is 228 cm³/mol. The first-order chi connectivity index (χ1) is 26.3. The smallest absolute Gasteiger partial charge is 0.162 e. The Balaban J connectivity index is 1.21. The first-order valence-corrected chi connectivity index (χ1v) is 19.5. The summed E-state index contributed by atoms with van der Waals surface area (Å²) in [5, 5.41) is 11.1. The maximum atomic E-state index is 5.45. The Morgan fingerprint density at radius 3 is 2.00 bits per heavy atom. The highest BCUT2D eigenvalue weighted by atomic mass is 32.1.